The zero-order valence-corrected chi connectivity index (χ0v) is 13.6. The highest BCUT2D eigenvalue weighted by atomic mass is 32.1. The summed E-state index contributed by atoms with van der Waals surface area (Å²) in [6.45, 7) is 2.58. The third kappa shape index (κ3) is 3.57. The first kappa shape index (κ1) is 15.2. The van der Waals surface area contributed by atoms with Crippen LogP contribution in [-0.2, 0) is 7.05 Å². The van der Waals surface area contributed by atoms with Crippen LogP contribution in [0.15, 0.2) is 42.0 Å². The molecular weight excluding hydrogens is 312 g/mol. The van der Waals surface area contributed by atoms with Gasteiger partial charge in [0.05, 0.1) is 18.5 Å². The molecule has 0 aliphatic rings. The molecule has 2 heterocycles. The number of aryl methyl sites for hydroxylation is 1. The molecule has 0 saturated carbocycles. The molecule has 0 spiro atoms. The van der Waals surface area contributed by atoms with E-state index in [9.17, 15) is 4.79 Å². The molecule has 3 rings (SSSR count). The number of anilines is 1. The normalized spacial score (nSPS) is 10.5. The summed E-state index contributed by atoms with van der Waals surface area (Å²) >= 11 is 1.43. The lowest BCUT2D eigenvalue weighted by atomic mass is 10.2. The quantitative estimate of drug-likeness (QED) is 0.781. The molecule has 1 N–H and O–H groups in total. The average Bonchev–Trinajstić information content (AvgIpc) is 3.18. The molecule has 0 saturated heterocycles. The monoisotopic (exact) mass is 328 g/mol. The van der Waals surface area contributed by atoms with Gasteiger partial charge in [-0.2, -0.15) is 5.10 Å². The lowest BCUT2D eigenvalue weighted by Crippen LogP contribution is -2.11. The summed E-state index contributed by atoms with van der Waals surface area (Å²) in [6, 6.07) is 7.67. The van der Waals surface area contributed by atoms with Gasteiger partial charge in [-0.1, -0.05) is 0 Å². The van der Waals surface area contributed by atoms with Crippen LogP contribution in [0.3, 0.4) is 0 Å². The smallest absolute Gasteiger partial charge is 0.275 e. The molecular formula is C16H16N4O2S. The minimum Gasteiger partial charge on any atom is -0.494 e. The van der Waals surface area contributed by atoms with E-state index in [0.29, 0.717) is 18.0 Å². The van der Waals surface area contributed by atoms with Gasteiger partial charge >= 0.3 is 0 Å². The topological polar surface area (TPSA) is 69.0 Å². The van der Waals surface area contributed by atoms with Crippen LogP contribution in [0, 0.1) is 0 Å². The van der Waals surface area contributed by atoms with Gasteiger partial charge in [0, 0.05) is 24.2 Å². The highest BCUT2D eigenvalue weighted by Crippen LogP contribution is 2.26. The Kier molecular flexibility index (Phi) is 4.38. The van der Waals surface area contributed by atoms with Crippen molar-refractivity contribution in [2.75, 3.05) is 11.9 Å². The Labute approximate surface area is 137 Å². The first-order valence-electron chi connectivity index (χ1n) is 7.14. The van der Waals surface area contributed by atoms with Crippen molar-refractivity contribution < 1.29 is 9.53 Å². The fraction of sp³-hybridized carbons (Fsp3) is 0.188. The number of thiazole rings is 1. The number of nitrogens with zero attached hydrogens (tertiary/aromatic N) is 3. The molecule has 3 aromatic rings. The van der Waals surface area contributed by atoms with Crippen molar-refractivity contribution in [2.45, 2.75) is 6.92 Å². The Hall–Kier alpha value is -2.67. The predicted octanol–water partition coefficient (Wildman–Crippen LogP) is 3.19. The number of amides is 1. The Balaban J connectivity index is 1.73. The molecule has 1 amide bonds. The number of hydrogen-bond acceptors (Lipinski definition) is 5. The highest BCUT2D eigenvalue weighted by Gasteiger charge is 2.13. The first-order valence-corrected chi connectivity index (χ1v) is 8.02. The van der Waals surface area contributed by atoms with E-state index in [2.05, 4.69) is 15.4 Å². The zero-order valence-electron chi connectivity index (χ0n) is 12.8. The third-order valence-electron chi connectivity index (χ3n) is 3.11. The minimum atomic E-state index is -0.244. The van der Waals surface area contributed by atoms with Gasteiger partial charge in [0.15, 0.2) is 0 Å². The van der Waals surface area contributed by atoms with Crippen LogP contribution in [0.1, 0.15) is 17.4 Å². The summed E-state index contributed by atoms with van der Waals surface area (Å²) in [6.07, 6.45) is 3.33. The van der Waals surface area contributed by atoms with Gasteiger partial charge in [-0.05, 0) is 31.2 Å². The highest BCUT2D eigenvalue weighted by molar-refractivity contribution is 7.13. The van der Waals surface area contributed by atoms with E-state index in [4.69, 9.17) is 4.74 Å². The van der Waals surface area contributed by atoms with Crippen LogP contribution in [0.4, 0.5) is 5.69 Å². The molecule has 0 unspecified atom stereocenters. The maximum atomic E-state index is 12.2. The molecule has 1 aromatic carbocycles. The van der Waals surface area contributed by atoms with Crippen molar-refractivity contribution in [2.24, 2.45) is 7.05 Å². The molecule has 2 aromatic heterocycles. The lowest BCUT2D eigenvalue weighted by Gasteiger charge is -2.03. The molecule has 0 atom stereocenters. The molecule has 0 fully saturated rings. The summed E-state index contributed by atoms with van der Waals surface area (Å²) in [5.41, 5.74) is 2.00. The molecule has 118 valence electrons. The number of carbonyl (C=O) groups is 1. The number of ether oxygens (including phenoxy) is 1. The Morgan fingerprint density at radius 1 is 1.35 bits per heavy atom. The number of benzene rings is 1. The van der Waals surface area contributed by atoms with Gasteiger partial charge in [-0.3, -0.25) is 9.48 Å². The van der Waals surface area contributed by atoms with E-state index in [1.165, 1.54) is 11.3 Å². The summed E-state index contributed by atoms with van der Waals surface area (Å²) in [5, 5.41) is 9.33. The molecule has 0 radical (unpaired) electrons. The fourth-order valence-electron chi connectivity index (χ4n) is 2.05. The Morgan fingerprint density at radius 2 is 2.13 bits per heavy atom. The Morgan fingerprint density at radius 3 is 2.78 bits per heavy atom. The minimum absolute atomic E-state index is 0.244. The van der Waals surface area contributed by atoms with Crippen molar-refractivity contribution in [1.29, 1.82) is 0 Å². The van der Waals surface area contributed by atoms with Gasteiger partial charge < -0.3 is 10.1 Å². The maximum Gasteiger partial charge on any atom is 0.275 e. The number of hydrogen-bond donors (Lipinski definition) is 1. The summed E-state index contributed by atoms with van der Waals surface area (Å²) in [7, 11) is 1.79. The summed E-state index contributed by atoms with van der Waals surface area (Å²) < 4.78 is 7.05. The van der Waals surface area contributed by atoms with Gasteiger partial charge in [0.25, 0.3) is 5.91 Å². The van der Waals surface area contributed by atoms with Crippen LogP contribution in [0.5, 0.6) is 5.75 Å². The Bertz CT molecular complexity index is 808. The van der Waals surface area contributed by atoms with Crippen LogP contribution in [0.2, 0.25) is 0 Å². The van der Waals surface area contributed by atoms with Crippen molar-refractivity contribution in [3.63, 3.8) is 0 Å². The van der Waals surface area contributed by atoms with Gasteiger partial charge in [0.2, 0.25) is 0 Å². The second kappa shape index (κ2) is 6.62. The lowest BCUT2D eigenvalue weighted by molar-refractivity contribution is 0.102. The molecule has 6 nitrogen and oxygen atoms in total. The van der Waals surface area contributed by atoms with E-state index in [-0.39, 0.29) is 5.91 Å². The number of carbonyl (C=O) groups excluding carboxylic acids is 1. The first-order chi connectivity index (χ1) is 11.2. The van der Waals surface area contributed by atoms with E-state index < -0.39 is 0 Å². The van der Waals surface area contributed by atoms with Crippen molar-refractivity contribution in [3.05, 3.63) is 47.7 Å². The van der Waals surface area contributed by atoms with Crippen LogP contribution < -0.4 is 10.1 Å². The number of nitrogens with one attached hydrogen (secondary N) is 1. The average molecular weight is 328 g/mol. The van der Waals surface area contributed by atoms with Crippen molar-refractivity contribution in [1.82, 2.24) is 14.8 Å². The van der Waals surface area contributed by atoms with Crippen LogP contribution in [0.25, 0.3) is 10.6 Å². The zero-order chi connectivity index (χ0) is 16.2. The van der Waals surface area contributed by atoms with Crippen molar-refractivity contribution >= 4 is 22.9 Å². The van der Waals surface area contributed by atoms with Crippen LogP contribution in [-0.4, -0.2) is 27.3 Å². The van der Waals surface area contributed by atoms with E-state index in [1.54, 1.807) is 29.5 Å². The predicted molar refractivity (Wildman–Crippen MR) is 89.9 cm³/mol. The molecule has 0 aliphatic heterocycles. The standard InChI is InChI=1S/C16H16N4O2S/c1-3-22-13-6-4-11(5-7-13)16-19-14(10-23-16)15(21)18-12-8-17-20(2)9-12/h4-10H,3H2,1-2H3,(H,18,21). The number of aromatic nitrogens is 3. The van der Waals surface area contributed by atoms with Crippen molar-refractivity contribution in [3.8, 4) is 16.3 Å². The maximum absolute atomic E-state index is 12.2. The summed E-state index contributed by atoms with van der Waals surface area (Å²) in [4.78, 5) is 16.6. The molecule has 23 heavy (non-hydrogen) atoms. The number of rotatable bonds is 5. The molecule has 0 bridgehead atoms. The van der Waals surface area contributed by atoms with E-state index in [0.717, 1.165) is 16.3 Å². The molecule has 0 aliphatic carbocycles. The fourth-order valence-corrected chi connectivity index (χ4v) is 2.86. The third-order valence-corrected chi connectivity index (χ3v) is 4.00. The second-order valence-corrected chi connectivity index (χ2v) is 5.71. The second-order valence-electron chi connectivity index (χ2n) is 4.85. The van der Waals surface area contributed by atoms with E-state index >= 15 is 0 Å². The van der Waals surface area contributed by atoms with Gasteiger partial charge in [0.1, 0.15) is 16.5 Å². The van der Waals surface area contributed by atoms with E-state index in [1.807, 2.05) is 31.2 Å². The largest absolute Gasteiger partial charge is 0.494 e. The summed E-state index contributed by atoms with van der Waals surface area (Å²) in [5.74, 6) is 0.578. The SMILES string of the molecule is CCOc1ccc(-c2nc(C(=O)Nc3cnn(C)c3)cs2)cc1. The van der Waals surface area contributed by atoms with Crippen LogP contribution >= 0.6 is 11.3 Å². The molecule has 7 heteroatoms. The van der Waals surface area contributed by atoms with Gasteiger partial charge in [-0.25, -0.2) is 4.98 Å². The van der Waals surface area contributed by atoms with Gasteiger partial charge in [-0.15, -0.1) is 11.3 Å².